The summed E-state index contributed by atoms with van der Waals surface area (Å²) in [5.74, 6) is 0. The zero-order valence-electron chi connectivity index (χ0n) is 8.24. The molecule has 74 valence electrons. The summed E-state index contributed by atoms with van der Waals surface area (Å²) in [6, 6.07) is 0. The summed E-state index contributed by atoms with van der Waals surface area (Å²) in [6.45, 7) is 3.11. The van der Waals surface area contributed by atoms with Gasteiger partial charge in [0.1, 0.15) is 0 Å². The van der Waals surface area contributed by atoms with Gasteiger partial charge < -0.3 is 9.47 Å². The highest BCUT2D eigenvalue weighted by molar-refractivity contribution is 5.06. The Balaban J connectivity index is 1.71. The van der Waals surface area contributed by atoms with Crippen LogP contribution in [0.25, 0.3) is 0 Å². The molecule has 2 heterocycles. The monoisotopic (exact) mass is 182 g/mol. The summed E-state index contributed by atoms with van der Waals surface area (Å²) in [5, 5.41) is 0. The fourth-order valence-corrected chi connectivity index (χ4v) is 1.98. The fraction of sp³-hybridized carbons (Fsp3) is 0.818. The molecule has 3 atom stereocenters. The maximum atomic E-state index is 5.78. The molecule has 0 aromatic rings. The average Bonchev–Trinajstić information content (AvgIpc) is 2.46. The second kappa shape index (κ2) is 4.25. The Morgan fingerprint density at radius 2 is 2.00 bits per heavy atom. The van der Waals surface area contributed by atoms with E-state index in [-0.39, 0.29) is 0 Å². The quantitative estimate of drug-likeness (QED) is 0.490. The van der Waals surface area contributed by atoms with Gasteiger partial charge in [-0.3, -0.25) is 0 Å². The van der Waals surface area contributed by atoms with E-state index in [2.05, 4.69) is 19.1 Å². The molecular formula is C11H18O2. The van der Waals surface area contributed by atoms with E-state index in [1.807, 2.05) is 0 Å². The van der Waals surface area contributed by atoms with Crippen LogP contribution < -0.4 is 0 Å². The Bertz CT molecular complexity index is 175. The number of fused-ring (bicyclic) bond motifs is 2. The van der Waals surface area contributed by atoms with Gasteiger partial charge in [0, 0.05) is 19.4 Å². The first-order valence-electron chi connectivity index (χ1n) is 5.34. The molecule has 1 fully saturated rings. The first kappa shape index (κ1) is 9.22. The van der Waals surface area contributed by atoms with E-state index in [0.717, 1.165) is 19.4 Å². The minimum absolute atomic E-state index is 0.338. The van der Waals surface area contributed by atoms with E-state index in [4.69, 9.17) is 9.47 Å². The molecule has 0 aromatic carbocycles. The second-order valence-electron chi connectivity index (χ2n) is 3.92. The largest absolute Gasteiger partial charge is 0.378 e. The van der Waals surface area contributed by atoms with Gasteiger partial charge in [-0.15, -0.1) is 0 Å². The lowest BCUT2D eigenvalue weighted by Crippen LogP contribution is -2.31. The number of unbranched alkanes of at least 4 members (excludes halogenated alkanes) is 1. The van der Waals surface area contributed by atoms with Crippen LogP contribution in [0.3, 0.4) is 0 Å². The molecule has 0 aliphatic carbocycles. The maximum absolute atomic E-state index is 5.78. The van der Waals surface area contributed by atoms with Crippen LogP contribution in [0.1, 0.15) is 32.6 Å². The Labute approximate surface area is 79.9 Å². The highest BCUT2D eigenvalue weighted by atomic mass is 16.5. The smallest absolute Gasteiger partial charge is 0.0789 e. The summed E-state index contributed by atoms with van der Waals surface area (Å²) in [7, 11) is 0. The molecular weight excluding hydrogens is 164 g/mol. The zero-order valence-corrected chi connectivity index (χ0v) is 8.24. The third-order valence-electron chi connectivity index (χ3n) is 2.73. The first-order valence-corrected chi connectivity index (χ1v) is 5.34. The lowest BCUT2D eigenvalue weighted by atomic mass is 10.1. The van der Waals surface area contributed by atoms with Gasteiger partial charge >= 0.3 is 0 Å². The van der Waals surface area contributed by atoms with Gasteiger partial charge in [0.2, 0.25) is 0 Å². The third-order valence-corrected chi connectivity index (χ3v) is 2.73. The van der Waals surface area contributed by atoms with Gasteiger partial charge in [0.25, 0.3) is 0 Å². The van der Waals surface area contributed by atoms with Crippen molar-refractivity contribution in [1.82, 2.24) is 0 Å². The van der Waals surface area contributed by atoms with Gasteiger partial charge in [0.05, 0.1) is 18.3 Å². The van der Waals surface area contributed by atoms with Crippen molar-refractivity contribution in [2.45, 2.75) is 50.9 Å². The molecule has 13 heavy (non-hydrogen) atoms. The molecule has 0 radical (unpaired) electrons. The number of rotatable bonds is 4. The van der Waals surface area contributed by atoms with Crippen LogP contribution in [0.5, 0.6) is 0 Å². The molecule has 0 aromatic heterocycles. The van der Waals surface area contributed by atoms with Crippen molar-refractivity contribution in [2.24, 2.45) is 0 Å². The summed E-state index contributed by atoms with van der Waals surface area (Å²) >= 11 is 0. The van der Waals surface area contributed by atoms with Crippen LogP contribution >= 0.6 is 0 Å². The van der Waals surface area contributed by atoms with Crippen molar-refractivity contribution in [2.75, 3.05) is 6.61 Å². The summed E-state index contributed by atoms with van der Waals surface area (Å²) < 4.78 is 11.4. The van der Waals surface area contributed by atoms with Crippen LogP contribution in [0.4, 0.5) is 0 Å². The molecule has 1 saturated heterocycles. The lowest BCUT2D eigenvalue weighted by Gasteiger charge is -2.28. The summed E-state index contributed by atoms with van der Waals surface area (Å²) in [5.41, 5.74) is 0. The Kier molecular flexibility index (Phi) is 3.01. The van der Waals surface area contributed by atoms with E-state index in [1.165, 1.54) is 12.8 Å². The topological polar surface area (TPSA) is 18.5 Å². The fourth-order valence-electron chi connectivity index (χ4n) is 1.98. The predicted octanol–water partition coefficient (Wildman–Crippen LogP) is 2.29. The standard InChI is InChI=1S/C11H18O2/c1-2-3-6-12-11-7-9-4-5-10(8-11)13-9/h4-5,9-11H,2-3,6-8H2,1H3/t9-,10+,11+. The molecule has 0 saturated carbocycles. The summed E-state index contributed by atoms with van der Waals surface area (Å²) in [6.07, 6.45) is 9.96. The van der Waals surface area contributed by atoms with Crippen LogP contribution in [0.2, 0.25) is 0 Å². The Morgan fingerprint density at radius 1 is 1.31 bits per heavy atom. The predicted molar refractivity (Wildman–Crippen MR) is 51.7 cm³/mol. The van der Waals surface area contributed by atoms with Crippen molar-refractivity contribution in [3.8, 4) is 0 Å². The maximum Gasteiger partial charge on any atom is 0.0789 e. The highest BCUT2D eigenvalue weighted by Gasteiger charge is 2.31. The van der Waals surface area contributed by atoms with Crippen molar-refractivity contribution >= 4 is 0 Å². The molecule has 0 N–H and O–H groups in total. The molecule has 2 rings (SSSR count). The minimum Gasteiger partial charge on any atom is -0.378 e. The van der Waals surface area contributed by atoms with Crippen molar-refractivity contribution in [3.05, 3.63) is 12.2 Å². The van der Waals surface area contributed by atoms with E-state index in [1.54, 1.807) is 0 Å². The van der Waals surface area contributed by atoms with Crippen LogP contribution in [-0.2, 0) is 9.47 Å². The van der Waals surface area contributed by atoms with E-state index < -0.39 is 0 Å². The third kappa shape index (κ3) is 2.32. The van der Waals surface area contributed by atoms with E-state index >= 15 is 0 Å². The minimum atomic E-state index is 0.338. The van der Waals surface area contributed by atoms with Gasteiger partial charge in [-0.05, 0) is 6.42 Å². The zero-order chi connectivity index (χ0) is 9.10. The van der Waals surface area contributed by atoms with Crippen LogP contribution in [0.15, 0.2) is 12.2 Å². The molecule has 0 unspecified atom stereocenters. The van der Waals surface area contributed by atoms with Gasteiger partial charge in [0.15, 0.2) is 0 Å². The van der Waals surface area contributed by atoms with Crippen LogP contribution in [0, 0.1) is 0 Å². The van der Waals surface area contributed by atoms with Crippen LogP contribution in [-0.4, -0.2) is 24.9 Å². The van der Waals surface area contributed by atoms with E-state index in [0.29, 0.717) is 18.3 Å². The molecule has 2 nitrogen and oxygen atoms in total. The average molecular weight is 182 g/mol. The molecule has 2 aliphatic heterocycles. The second-order valence-corrected chi connectivity index (χ2v) is 3.92. The Morgan fingerprint density at radius 3 is 2.62 bits per heavy atom. The van der Waals surface area contributed by atoms with Crippen molar-refractivity contribution in [3.63, 3.8) is 0 Å². The first-order chi connectivity index (χ1) is 6.38. The number of hydrogen-bond acceptors (Lipinski definition) is 2. The van der Waals surface area contributed by atoms with Crippen molar-refractivity contribution < 1.29 is 9.47 Å². The molecule has 2 bridgehead atoms. The highest BCUT2D eigenvalue weighted by Crippen LogP contribution is 2.28. The molecule has 2 heteroatoms. The molecule has 0 spiro atoms. The molecule has 2 aliphatic rings. The number of hydrogen-bond donors (Lipinski definition) is 0. The van der Waals surface area contributed by atoms with Gasteiger partial charge in [-0.2, -0.15) is 0 Å². The summed E-state index contributed by atoms with van der Waals surface area (Å²) in [4.78, 5) is 0. The van der Waals surface area contributed by atoms with E-state index in [9.17, 15) is 0 Å². The SMILES string of the molecule is CCCCO[C@H]1C[C@H]2C=C[C@@H](C1)O2. The lowest BCUT2D eigenvalue weighted by molar-refractivity contribution is -0.0714. The normalized spacial score (nSPS) is 36.8. The van der Waals surface area contributed by atoms with Crippen molar-refractivity contribution in [1.29, 1.82) is 0 Å². The molecule has 0 amide bonds. The van der Waals surface area contributed by atoms with Gasteiger partial charge in [-0.25, -0.2) is 0 Å². The number of ether oxygens (including phenoxy) is 2. The van der Waals surface area contributed by atoms with Gasteiger partial charge in [-0.1, -0.05) is 25.5 Å². The Hall–Kier alpha value is -0.340.